The second-order valence-corrected chi connectivity index (χ2v) is 4.87. The summed E-state index contributed by atoms with van der Waals surface area (Å²) in [6, 6.07) is 6.33. The number of nitrogens with zero attached hydrogens (tertiary/aromatic N) is 2. The average molecular weight is 289 g/mol. The summed E-state index contributed by atoms with van der Waals surface area (Å²) in [7, 11) is 0. The molecule has 2 aromatic rings. The molecule has 1 unspecified atom stereocenters. The highest BCUT2D eigenvalue weighted by Crippen LogP contribution is 2.11. The lowest BCUT2D eigenvalue weighted by Crippen LogP contribution is -2.20. The molecule has 0 saturated heterocycles. The molecule has 6 heteroatoms. The number of anilines is 1. The lowest BCUT2D eigenvalue weighted by molar-refractivity contribution is 0.0695. The van der Waals surface area contributed by atoms with E-state index in [0.29, 0.717) is 18.1 Å². The number of carbonyl (C=O) groups is 1. The summed E-state index contributed by atoms with van der Waals surface area (Å²) in [5.74, 6) is -0.923. The molecule has 21 heavy (non-hydrogen) atoms. The van der Waals surface area contributed by atoms with E-state index in [2.05, 4.69) is 15.3 Å². The van der Waals surface area contributed by atoms with Gasteiger partial charge in [-0.3, -0.25) is 0 Å². The van der Waals surface area contributed by atoms with Crippen LogP contribution in [0.15, 0.2) is 30.5 Å². The lowest BCUT2D eigenvalue weighted by Gasteiger charge is -2.14. The zero-order valence-corrected chi connectivity index (χ0v) is 11.8. The van der Waals surface area contributed by atoms with E-state index in [1.807, 2.05) is 6.92 Å². The van der Waals surface area contributed by atoms with Crippen molar-refractivity contribution in [3.05, 3.63) is 53.1 Å². The molecule has 110 valence electrons. The van der Waals surface area contributed by atoms with E-state index in [9.17, 15) is 9.18 Å². The van der Waals surface area contributed by atoms with Gasteiger partial charge in [0, 0.05) is 12.2 Å². The summed E-state index contributed by atoms with van der Waals surface area (Å²) in [5.41, 5.74) is 1.50. The Hall–Kier alpha value is -2.50. The van der Waals surface area contributed by atoms with Gasteiger partial charge in [-0.25, -0.2) is 19.2 Å². The third kappa shape index (κ3) is 3.98. The van der Waals surface area contributed by atoms with Crippen molar-refractivity contribution in [2.24, 2.45) is 0 Å². The Labute approximate surface area is 121 Å². The van der Waals surface area contributed by atoms with E-state index >= 15 is 0 Å². The Morgan fingerprint density at radius 1 is 1.38 bits per heavy atom. The van der Waals surface area contributed by atoms with Gasteiger partial charge in [-0.05, 0) is 38.0 Å². The number of aryl methyl sites for hydroxylation is 1. The first-order valence-corrected chi connectivity index (χ1v) is 6.53. The molecule has 0 saturated carbocycles. The lowest BCUT2D eigenvalue weighted by atomic mass is 10.1. The standard InChI is InChI=1S/C15H16FN3O2/c1-9(7-11-3-5-12(16)6-4-11)18-15-17-8-13(14(20)21)10(2)19-15/h3-6,8-9H,7H2,1-2H3,(H,20,21)(H,17,18,19). The Morgan fingerprint density at radius 3 is 2.62 bits per heavy atom. The Bertz CT molecular complexity index is 644. The molecule has 2 N–H and O–H groups in total. The van der Waals surface area contributed by atoms with Gasteiger partial charge < -0.3 is 10.4 Å². The maximum Gasteiger partial charge on any atom is 0.339 e. The molecular formula is C15H16FN3O2. The van der Waals surface area contributed by atoms with Crippen molar-refractivity contribution in [2.45, 2.75) is 26.3 Å². The molecule has 1 aromatic heterocycles. The van der Waals surface area contributed by atoms with E-state index < -0.39 is 5.97 Å². The number of rotatable bonds is 5. The van der Waals surface area contributed by atoms with Gasteiger partial charge in [-0.15, -0.1) is 0 Å². The summed E-state index contributed by atoms with van der Waals surface area (Å²) in [5, 5.41) is 12.0. The van der Waals surface area contributed by atoms with Crippen LogP contribution >= 0.6 is 0 Å². The van der Waals surface area contributed by atoms with Crippen LogP contribution in [0.4, 0.5) is 10.3 Å². The van der Waals surface area contributed by atoms with E-state index in [0.717, 1.165) is 5.56 Å². The van der Waals surface area contributed by atoms with E-state index in [1.165, 1.54) is 18.3 Å². The van der Waals surface area contributed by atoms with Gasteiger partial charge in [-0.2, -0.15) is 0 Å². The maximum atomic E-state index is 12.8. The Kier molecular flexibility index (Phi) is 4.47. The van der Waals surface area contributed by atoms with Crippen LogP contribution in [0.2, 0.25) is 0 Å². The number of hydrogen-bond acceptors (Lipinski definition) is 4. The number of nitrogens with one attached hydrogen (secondary N) is 1. The minimum Gasteiger partial charge on any atom is -0.478 e. The van der Waals surface area contributed by atoms with Crippen molar-refractivity contribution < 1.29 is 14.3 Å². The molecule has 5 nitrogen and oxygen atoms in total. The summed E-state index contributed by atoms with van der Waals surface area (Å²) < 4.78 is 12.8. The predicted octanol–water partition coefficient (Wildman–Crippen LogP) is 2.67. The zero-order chi connectivity index (χ0) is 15.4. The molecule has 0 spiro atoms. The number of aromatic nitrogens is 2. The highest BCUT2D eigenvalue weighted by atomic mass is 19.1. The van der Waals surface area contributed by atoms with E-state index in [1.54, 1.807) is 19.1 Å². The number of aromatic carboxylic acids is 1. The molecule has 0 radical (unpaired) electrons. The highest BCUT2D eigenvalue weighted by Gasteiger charge is 2.11. The fraction of sp³-hybridized carbons (Fsp3) is 0.267. The molecule has 0 aliphatic heterocycles. The van der Waals surface area contributed by atoms with Crippen LogP contribution in [-0.2, 0) is 6.42 Å². The van der Waals surface area contributed by atoms with E-state index in [-0.39, 0.29) is 17.4 Å². The third-order valence-corrected chi connectivity index (χ3v) is 3.04. The maximum absolute atomic E-state index is 12.8. The molecule has 1 heterocycles. The van der Waals surface area contributed by atoms with Gasteiger partial charge in [-0.1, -0.05) is 12.1 Å². The minimum atomic E-state index is -1.04. The minimum absolute atomic E-state index is 0.0329. The van der Waals surface area contributed by atoms with Crippen molar-refractivity contribution in [3.63, 3.8) is 0 Å². The molecule has 0 aliphatic carbocycles. The molecule has 2 rings (SSSR count). The monoisotopic (exact) mass is 289 g/mol. The van der Waals surface area contributed by atoms with Crippen LogP contribution < -0.4 is 5.32 Å². The fourth-order valence-corrected chi connectivity index (χ4v) is 1.99. The Morgan fingerprint density at radius 2 is 2.05 bits per heavy atom. The van der Waals surface area contributed by atoms with Crippen molar-refractivity contribution in [1.82, 2.24) is 9.97 Å². The van der Waals surface area contributed by atoms with Gasteiger partial charge >= 0.3 is 5.97 Å². The fourth-order valence-electron chi connectivity index (χ4n) is 1.99. The van der Waals surface area contributed by atoms with Gasteiger partial charge in [0.05, 0.1) is 11.3 Å². The molecule has 0 bridgehead atoms. The van der Waals surface area contributed by atoms with Crippen LogP contribution in [0.25, 0.3) is 0 Å². The molecule has 1 aromatic carbocycles. The predicted molar refractivity (Wildman–Crippen MR) is 76.9 cm³/mol. The third-order valence-electron chi connectivity index (χ3n) is 3.04. The molecular weight excluding hydrogens is 273 g/mol. The van der Waals surface area contributed by atoms with Crippen LogP contribution in [0.3, 0.4) is 0 Å². The normalized spacial score (nSPS) is 12.0. The highest BCUT2D eigenvalue weighted by molar-refractivity contribution is 5.88. The SMILES string of the molecule is Cc1nc(NC(C)Cc2ccc(F)cc2)ncc1C(=O)O. The first-order valence-electron chi connectivity index (χ1n) is 6.53. The molecule has 0 aliphatic rings. The molecule has 0 amide bonds. The van der Waals surface area contributed by atoms with Crippen molar-refractivity contribution in [1.29, 1.82) is 0 Å². The van der Waals surface area contributed by atoms with Crippen molar-refractivity contribution in [3.8, 4) is 0 Å². The number of halogens is 1. The van der Waals surface area contributed by atoms with Gasteiger partial charge in [0.2, 0.25) is 5.95 Å². The summed E-state index contributed by atoms with van der Waals surface area (Å²) >= 11 is 0. The summed E-state index contributed by atoms with van der Waals surface area (Å²) in [4.78, 5) is 19.0. The number of carboxylic acids is 1. The summed E-state index contributed by atoms with van der Waals surface area (Å²) in [6.45, 7) is 3.58. The van der Waals surface area contributed by atoms with E-state index in [4.69, 9.17) is 5.11 Å². The first kappa shape index (κ1) is 14.9. The van der Waals surface area contributed by atoms with Gasteiger partial charge in [0.15, 0.2) is 0 Å². The number of benzene rings is 1. The van der Waals surface area contributed by atoms with Crippen LogP contribution in [0.1, 0.15) is 28.5 Å². The summed E-state index contributed by atoms with van der Waals surface area (Å²) in [6.07, 6.45) is 1.97. The molecule has 1 atom stereocenters. The number of carboxylic acid groups (broad SMARTS) is 1. The number of hydrogen-bond donors (Lipinski definition) is 2. The second kappa shape index (κ2) is 6.30. The first-order chi connectivity index (χ1) is 9.95. The zero-order valence-electron chi connectivity index (χ0n) is 11.8. The van der Waals surface area contributed by atoms with Crippen LogP contribution in [-0.4, -0.2) is 27.1 Å². The van der Waals surface area contributed by atoms with Crippen LogP contribution in [0, 0.1) is 12.7 Å². The quantitative estimate of drug-likeness (QED) is 0.885. The van der Waals surface area contributed by atoms with Crippen molar-refractivity contribution >= 4 is 11.9 Å². The average Bonchev–Trinajstić information content (AvgIpc) is 2.41. The Balaban J connectivity index is 2.02. The van der Waals surface area contributed by atoms with Crippen LogP contribution in [0.5, 0.6) is 0 Å². The van der Waals surface area contributed by atoms with Gasteiger partial charge in [0.25, 0.3) is 0 Å². The van der Waals surface area contributed by atoms with Gasteiger partial charge in [0.1, 0.15) is 5.82 Å². The molecule has 0 fully saturated rings. The van der Waals surface area contributed by atoms with Crippen molar-refractivity contribution in [2.75, 3.05) is 5.32 Å². The largest absolute Gasteiger partial charge is 0.478 e. The smallest absolute Gasteiger partial charge is 0.339 e. The second-order valence-electron chi connectivity index (χ2n) is 4.87. The topological polar surface area (TPSA) is 75.1 Å².